The number of hydrogen-bond acceptors (Lipinski definition) is 5. The van der Waals surface area contributed by atoms with Crippen LogP contribution in [0.5, 0.6) is 0 Å². The van der Waals surface area contributed by atoms with Gasteiger partial charge < -0.3 is 16.0 Å². The van der Waals surface area contributed by atoms with E-state index in [-0.39, 0.29) is 17.7 Å². The minimum absolute atomic E-state index is 0.0793. The first-order chi connectivity index (χ1) is 15.5. The van der Waals surface area contributed by atoms with Gasteiger partial charge in [-0.05, 0) is 61.7 Å². The molecule has 2 atom stereocenters. The minimum Gasteiger partial charge on any atom is -0.398 e. The number of benzene rings is 2. The summed E-state index contributed by atoms with van der Waals surface area (Å²) in [7, 11) is 2.10. The van der Waals surface area contributed by atoms with Gasteiger partial charge in [-0.1, -0.05) is 30.3 Å². The Morgan fingerprint density at radius 1 is 1.09 bits per heavy atom. The van der Waals surface area contributed by atoms with Gasteiger partial charge in [0.05, 0.1) is 5.71 Å². The van der Waals surface area contributed by atoms with Crippen molar-refractivity contribution in [3.05, 3.63) is 95.3 Å². The van der Waals surface area contributed by atoms with Crippen LogP contribution in [0.3, 0.4) is 0 Å². The van der Waals surface area contributed by atoms with Gasteiger partial charge in [-0.15, -0.1) is 0 Å². The molecule has 164 valence electrons. The van der Waals surface area contributed by atoms with Crippen LogP contribution in [0.4, 0.5) is 5.69 Å². The Hall–Kier alpha value is -3.51. The number of rotatable bonds is 6. The van der Waals surface area contributed by atoms with Crippen molar-refractivity contribution in [2.75, 3.05) is 25.9 Å². The standard InChI is InChI=1S/C26H29N5O/c1-31-16-19(13-18-5-3-2-4-6-18)14-22(17-31)30-26(32)21-7-8-24(27)23(15-21)25(28)20-9-11-29-12-10-20/h2-12,15,19,22,28H,13-14,16-17,27H2,1H3,(H,30,32). The van der Waals surface area contributed by atoms with E-state index >= 15 is 0 Å². The van der Waals surface area contributed by atoms with Gasteiger partial charge in [0.25, 0.3) is 5.91 Å². The number of nitrogens with one attached hydrogen (secondary N) is 2. The lowest BCUT2D eigenvalue weighted by molar-refractivity contribution is 0.0889. The third-order valence-electron chi connectivity index (χ3n) is 5.98. The Balaban J connectivity index is 1.45. The number of pyridine rings is 1. The van der Waals surface area contributed by atoms with Gasteiger partial charge in [0.2, 0.25) is 0 Å². The summed E-state index contributed by atoms with van der Waals surface area (Å²) in [6, 6.07) is 19.2. The van der Waals surface area contributed by atoms with Gasteiger partial charge in [-0.2, -0.15) is 0 Å². The molecule has 1 aromatic heterocycles. The van der Waals surface area contributed by atoms with Crippen molar-refractivity contribution in [1.82, 2.24) is 15.2 Å². The molecule has 2 heterocycles. The maximum absolute atomic E-state index is 13.1. The van der Waals surface area contributed by atoms with Crippen molar-refractivity contribution in [2.24, 2.45) is 5.92 Å². The fraction of sp³-hybridized carbons (Fsp3) is 0.269. The second-order valence-electron chi connectivity index (χ2n) is 8.60. The van der Waals surface area contributed by atoms with E-state index < -0.39 is 0 Å². The van der Waals surface area contributed by atoms with Crippen LogP contribution in [0.1, 0.15) is 33.5 Å². The van der Waals surface area contributed by atoms with Crippen LogP contribution in [0.15, 0.2) is 73.1 Å². The summed E-state index contributed by atoms with van der Waals surface area (Å²) >= 11 is 0. The predicted molar refractivity (Wildman–Crippen MR) is 128 cm³/mol. The molecule has 0 aliphatic carbocycles. The molecule has 1 aliphatic heterocycles. The van der Waals surface area contributed by atoms with E-state index in [4.69, 9.17) is 11.1 Å². The first-order valence-electron chi connectivity index (χ1n) is 10.9. The molecule has 3 aromatic rings. The molecule has 2 aromatic carbocycles. The molecule has 0 saturated carbocycles. The Morgan fingerprint density at radius 2 is 1.84 bits per heavy atom. The molecule has 4 N–H and O–H groups in total. The van der Waals surface area contributed by atoms with Gasteiger partial charge >= 0.3 is 0 Å². The Bertz CT molecular complexity index is 1080. The fourth-order valence-electron chi connectivity index (χ4n) is 4.50. The molecule has 1 saturated heterocycles. The molecule has 0 radical (unpaired) electrons. The van der Waals surface area contributed by atoms with E-state index in [1.54, 1.807) is 42.7 Å². The van der Waals surface area contributed by atoms with E-state index in [1.165, 1.54) is 5.56 Å². The quantitative estimate of drug-likeness (QED) is 0.415. The van der Waals surface area contributed by atoms with Crippen molar-refractivity contribution in [1.29, 1.82) is 5.41 Å². The number of carbonyl (C=O) groups excluding carboxylic acids is 1. The van der Waals surface area contributed by atoms with Crippen LogP contribution < -0.4 is 11.1 Å². The SMILES string of the molecule is CN1CC(Cc2ccccc2)CC(NC(=O)c2ccc(N)c(C(=N)c3ccncc3)c2)C1. The average molecular weight is 428 g/mol. The topological polar surface area (TPSA) is 95.1 Å². The molecule has 6 heteroatoms. The highest BCUT2D eigenvalue weighted by Gasteiger charge is 2.27. The third kappa shape index (κ3) is 5.21. The van der Waals surface area contributed by atoms with Gasteiger partial charge in [-0.3, -0.25) is 15.2 Å². The lowest BCUT2D eigenvalue weighted by Crippen LogP contribution is -2.49. The van der Waals surface area contributed by atoms with Gasteiger partial charge in [0.1, 0.15) is 0 Å². The molecule has 6 nitrogen and oxygen atoms in total. The number of nitrogens with zero attached hydrogens (tertiary/aromatic N) is 2. The lowest BCUT2D eigenvalue weighted by Gasteiger charge is -2.36. The number of likely N-dealkylation sites (N-methyl/N-ethyl adjacent to an activating group) is 1. The zero-order chi connectivity index (χ0) is 22.5. The highest BCUT2D eigenvalue weighted by atomic mass is 16.1. The number of anilines is 1. The van der Waals surface area contributed by atoms with Crippen LogP contribution in [-0.2, 0) is 6.42 Å². The van der Waals surface area contributed by atoms with Gasteiger partial charge in [0, 0.05) is 53.9 Å². The normalized spacial score (nSPS) is 18.8. The largest absolute Gasteiger partial charge is 0.398 e. The van der Waals surface area contributed by atoms with Crippen LogP contribution >= 0.6 is 0 Å². The van der Waals surface area contributed by atoms with Crippen LogP contribution in [0.2, 0.25) is 0 Å². The number of piperidine rings is 1. The van der Waals surface area contributed by atoms with Crippen LogP contribution in [0, 0.1) is 11.3 Å². The zero-order valence-electron chi connectivity index (χ0n) is 18.3. The lowest BCUT2D eigenvalue weighted by atomic mass is 9.89. The summed E-state index contributed by atoms with van der Waals surface area (Å²) < 4.78 is 0. The molecule has 0 bridgehead atoms. The summed E-state index contributed by atoms with van der Waals surface area (Å²) in [5.74, 6) is 0.357. The molecule has 0 spiro atoms. The highest BCUT2D eigenvalue weighted by Crippen LogP contribution is 2.22. The summed E-state index contributed by atoms with van der Waals surface area (Å²) in [5.41, 5.74) is 9.98. The summed E-state index contributed by atoms with van der Waals surface area (Å²) in [6.45, 7) is 1.85. The van der Waals surface area contributed by atoms with Crippen molar-refractivity contribution in [3.8, 4) is 0 Å². The second kappa shape index (κ2) is 9.75. The number of nitrogens with two attached hydrogens (primary N) is 1. The molecular formula is C26H29N5O. The third-order valence-corrected chi connectivity index (χ3v) is 5.98. The van der Waals surface area contributed by atoms with Crippen molar-refractivity contribution >= 4 is 17.3 Å². The molecule has 1 aliphatic rings. The Morgan fingerprint density at radius 3 is 2.59 bits per heavy atom. The number of likely N-dealkylation sites (tertiary alicyclic amines) is 1. The maximum Gasteiger partial charge on any atom is 0.251 e. The molecule has 1 fully saturated rings. The predicted octanol–water partition coefficient (Wildman–Crippen LogP) is 3.37. The first-order valence-corrected chi connectivity index (χ1v) is 10.9. The number of hydrogen-bond donors (Lipinski definition) is 3. The Kier molecular flexibility index (Phi) is 6.61. The highest BCUT2D eigenvalue weighted by molar-refractivity contribution is 6.14. The smallest absolute Gasteiger partial charge is 0.251 e. The number of nitrogen functional groups attached to an aromatic ring is 1. The fourth-order valence-corrected chi connectivity index (χ4v) is 4.50. The Labute approximate surface area is 189 Å². The monoisotopic (exact) mass is 427 g/mol. The molecular weight excluding hydrogens is 398 g/mol. The average Bonchev–Trinajstić information content (AvgIpc) is 2.80. The summed E-state index contributed by atoms with van der Waals surface area (Å²) in [5, 5.41) is 11.7. The van der Waals surface area contributed by atoms with Gasteiger partial charge in [0.15, 0.2) is 0 Å². The maximum atomic E-state index is 13.1. The number of carbonyl (C=O) groups is 1. The van der Waals surface area contributed by atoms with Crippen molar-refractivity contribution in [2.45, 2.75) is 18.9 Å². The van der Waals surface area contributed by atoms with E-state index in [1.807, 2.05) is 6.07 Å². The molecule has 32 heavy (non-hydrogen) atoms. The molecule has 4 rings (SSSR count). The van der Waals surface area contributed by atoms with Crippen molar-refractivity contribution in [3.63, 3.8) is 0 Å². The van der Waals surface area contributed by atoms with E-state index in [0.717, 1.165) is 25.9 Å². The summed E-state index contributed by atoms with van der Waals surface area (Å²) in [6.07, 6.45) is 5.23. The van der Waals surface area contributed by atoms with Crippen LogP contribution in [-0.4, -0.2) is 47.7 Å². The zero-order valence-corrected chi connectivity index (χ0v) is 18.3. The van der Waals surface area contributed by atoms with E-state index in [2.05, 4.69) is 46.5 Å². The molecule has 1 amide bonds. The molecule has 2 unspecified atom stereocenters. The van der Waals surface area contributed by atoms with Crippen molar-refractivity contribution < 1.29 is 4.79 Å². The number of amides is 1. The summed E-state index contributed by atoms with van der Waals surface area (Å²) in [4.78, 5) is 19.3. The van der Waals surface area contributed by atoms with Crippen LogP contribution in [0.25, 0.3) is 0 Å². The van der Waals surface area contributed by atoms with E-state index in [9.17, 15) is 4.79 Å². The second-order valence-corrected chi connectivity index (χ2v) is 8.60. The minimum atomic E-state index is -0.132. The first kappa shape index (κ1) is 21.7. The number of aromatic nitrogens is 1. The van der Waals surface area contributed by atoms with E-state index in [0.29, 0.717) is 28.3 Å². The van der Waals surface area contributed by atoms with Gasteiger partial charge in [-0.25, -0.2) is 0 Å².